The molecule has 0 fully saturated rings. The molecule has 1 unspecified atom stereocenters. The quantitative estimate of drug-likeness (QED) is 0.764. The van der Waals surface area contributed by atoms with Crippen LogP contribution in [0, 0.1) is 5.82 Å². The van der Waals surface area contributed by atoms with Crippen LogP contribution in [-0.4, -0.2) is 33.0 Å². The number of hydrogen-bond acceptors (Lipinski definition) is 3. The Labute approximate surface area is 106 Å². The van der Waals surface area contributed by atoms with Gasteiger partial charge in [0.25, 0.3) is 0 Å². The van der Waals surface area contributed by atoms with Gasteiger partial charge < -0.3 is 15.2 Å². The molecule has 0 aromatic heterocycles. The Morgan fingerprint density at radius 3 is 2.82 bits per heavy atom. The van der Waals surface area contributed by atoms with Crippen molar-refractivity contribution in [3.63, 3.8) is 0 Å². The molecule has 0 saturated heterocycles. The lowest BCUT2D eigenvalue weighted by atomic mass is 10.1. The molecule has 0 saturated carbocycles. The molecule has 96 valence electrons. The number of methoxy groups -OCH3 is 1. The summed E-state index contributed by atoms with van der Waals surface area (Å²) in [5.74, 6) is -0.420. The van der Waals surface area contributed by atoms with Gasteiger partial charge in [-0.25, -0.2) is 4.39 Å². The Morgan fingerprint density at radius 1 is 1.41 bits per heavy atom. The molecular formula is C12H17ClFNO2. The van der Waals surface area contributed by atoms with E-state index < -0.39 is 5.82 Å². The van der Waals surface area contributed by atoms with Crippen molar-refractivity contribution in [3.8, 4) is 0 Å². The van der Waals surface area contributed by atoms with Gasteiger partial charge in [0.2, 0.25) is 0 Å². The van der Waals surface area contributed by atoms with Gasteiger partial charge >= 0.3 is 0 Å². The molecule has 17 heavy (non-hydrogen) atoms. The van der Waals surface area contributed by atoms with Gasteiger partial charge in [-0.15, -0.1) is 0 Å². The molecule has 1 atom stereocenters. The zero-order valence-corrected chi connectivity index (χ0v) is 10.5. The number of nitrogens with two attached hydrogens (primary N) is 1. The maximum Gasteiger partial charge on any atom is 0.142 e. The Kier molecular flexibility index (Phi) is 6.44. The van der Waals surface area contributed by atoms with Gasteiger partial charge in [0.15, 0.2) is 0 Å². The molecule has 0 heterocycles. The van der Waals surface area contributed by atoms with Crippen molar-refractivity contribution in [3.05, 3.63) is 34.6 Å². The van der Waals surface area contributed by atoms with Crippen LogP contribution in [0.1, 0.15) is 5.56 Å². The normalized spacial score (nSPS) is 12.7. The summed E-state index contributed by atoms with van der Waals surface area (Å²) in [6.45, 7) is 1.48. The maximum atomic E-state index is 13.2. The van der Waals surface area contributed by atoms with E-state index in [4.69, 9.17) is 26.8 Å². The molecule has 0 amide bonds. The first-order chi connectivity index (χ1) is 8.13. The second-order valence-corrected chi connectivity index (χ2v) is 4.19. The molecule has 0 radical (unpaired) electrons. The summed E-state index contributed by atoms with van der Waals surface area (Å²) in [5, 5.41) is 0.124. The predicted molar refractivity (Wildman–Crippen MR) is 65.8 cm³/mol. The smallest absolute Gasteiger partial charge is 0.142 e. The van der Waals surface area contributed by atoms with E-state index in [0.717, 1.165) is 5.56 Å². The van der Waals surface area contributed by atoms with Gasteiger partial charge in [0.1, 0.15) is 5.82 Å². The average Bonchev–Trinajstić information content (AvgIpc) is 2.30. The first kappa shape index (κ1) is 14.4. The van der Waals surface area contributed by atoms with Gasteiger partial charge in [-0.1, -0.05) is 17.7 Å². The molecule has 0 aliphatic heterocycles. The van der Waals surface area contributed by atoms with Gasteiger partial charge in [0.05, 0.1) is 24.8 Å². The van der Waals surface area contributed by atoms with Crippen LogP contribution in [0.15, 0.2) is 18.2 Å². The third-order valence-corrected chi connectivity index (χ3v) is 2.55. The van der Waals surface area contributed by atoms with Crippen molar-refractivity contribution >= 4 is 11.6 Å². The molecule has 0 spiro atoms. The number of benzene rings is 1. The van der Waals surface area contributed by atoms with Crippen LogP contribution in [0.25, 0.3) is 0 Å². The zero-order valence-electron chi connectivity index (χ0n) is 9.79. The highest BCUT2D eigenvalue weighted by Crippen LogP contribution is 2.16. The molecule has 0 bridgehead atoms. The highest BCUT2D eigenvalue weighted by Gasteiger charge is 2.07. The number of rotatable bonds is 7. The van der Waals surface area contributed by atoms with E-state index in [1.807, 2.05) is 0 Å². The van der Waals surface area contributed by atoms with Crippen LogP contribution in [0.5, 0.6) is 0 Å². The minimum Gasteiger partial charge on any atom is -0.382 e. The molecule has 1 rings (SSSR count). The van der Waals surface area contributed by atoms with E-state index in [-0.39, 0.29) is 11.1 Å². The first-order valence-electron chi connectivity index (χ1n) is 5.39. The molecule has 5 heteroatoms. The molecular weight excluding hydrogens is 245 g/mol. The van der Waals surface area contributed by atoms with Crippen molar-refractivity contribution < 1.29 is 13.9 Å². The van der Waals surface area contributed by atoms with Crippen LogP contribution in [0.2, 0.25) is 5.02 Å². The van der Waals surface area contributed by atoms with E-state index in [1.165, 1.54) is 12.1 Å². The van der Waals surface area contributed by atoms with E-state index in [9.17, 15) is 4.39 Å². The molecule has 1 aromatic rings. The van der Waals surface area contributed by atoms with Gasteiger partial charge in [-0.05, 0) is 24.1 Å². The van der Waals surface area contributed by atoms with Crippen LogP contribution in [0.3, 0.4) is 0 Å². The third kappa shape index (κ3) is 5.46. The largest absolute Gasteiger partial charge is 0.382 e. The second kappa shape index (κ2) is 7.61. The lowest BCUT2D eigenvalue weighted by Gasteiger charge is -2.12. The Bertz CT molecular complexity index is 349. The fourth-order valence-electron chi connectivity index (χ4n) is 1.41. The first-order valence-corrected chi connectivity index (χ1v) is 5.77. The van der Waals surface area contributed by atoms with Gasteiger partial charge in [0, 0.05) is 13.2 Å². The standard InChI is InChI=1S/C12H17ClFNO2/c1-16-4-5-17-8-10(15)6-9-2-3-11(13)12(14)7-9/h2-3,7,10H,4-6,8,15H2,1H3. The predicted octanol–water partition coefficient (Wildman–Crippen LogP) is 2.01. The van der Waals surface area contributed by atoms with E-state index in [1.54, 1.807) is 13.2 Å². The fraction of sp³-hybridized carbons (Fsp3) is 0.500. The Morgan fingerprint density at radius 2 is 2.18 bits per heavy atom. The summed E-state index contributed by atoms with van der Waals surface area (Å²) in [6, 6.07) is 4.54. The monoisotopic (exact) mass is 261 g/mol. The SMILES string of the molecule is COCCOCC(N)Cc1ccc(Cl)c(F)c1. The summed E-state index contributed by atoms with van der Waals surface area (Å²) in [6.07, 6.45) is 0.557. The van der Waals surface area contributed by atoms with Crippen molar-refractivity contribution in [2.75, 3.05) is 26.9 Å². The third-order valence-electron chi connectivity index (χ3n) is 2.25. The minimum absolute atomic E-state index is 0.124. The Hall–Kier alpha value is -0.680. The lowest BCUT2D eigenvalue weighted by Crippen LogP contribution is -2.29. The fourth-order valence-corrected chi connectivity index (χ4v) is 1.52. The molecule has 3 nitrogen and oxygen atoms in total. The van der Waals surface area contributed by atoms with Gasteiger partial charge in [-0.3, -0.25) is 0 Å². The molecule has 0 aliphatic rings. The summed E-state index contributed by atoms with van der Waals surface area (Å²) in [5.41, 5.74) is 6.67. The summed E-state index contributed by atoms with van der Waals surface area (Å²) < 4.78 is 23.3. The van der Waals surface area contributed by atoms with Crippen molar-refractivity contribution in [1.82, 2.24) is 0 Å². The van der Waals surface area contributed by atoms with Gasteiger partial charge in [-0.2, -0.15) is 0 Å². The topological polar surface area (TPSA) is 44.5 Å². The van der Waals surface area contributed by atoms with Crippen molar-refractivity contribution in [2.45, 2.75) is 12.5 Å². The maximum absolute atomic E-state index is 13.2. The Balaban J connectivity index is 2.34. The van der Waals surface area contributed by atoms with Crippen LogP contribution < -0.4 is 5.73 Å². The number of ether oxygens (including phenoxy) is 2. The minimum atomic E-state index is -0.420. The second-order valence-electron chi connectivity index (χ2n) is 3.78. The van der Waals surface area contributed by atoms with Crippen LogP contribution in [-0.2, 0) is 15.9 Å². The molecule has 1 aromatic carbocycles. The van der Waals surface area contributed by atoms with E-state index >= 15 is 0 Å². The van der Waals surface area contributed by atoms with Crippen molar-refractivity contribution in [2.24, 2.45) is 5.73 Å². The summed E-state index contributed by atoms with van der Waals surface area (Å²) >= 11 is 5.59. The lowest BCUT2D eigenvalue weighted by molar-refractivity contribution is 0.0637. The molecule has 0 aliphatic carbocycles. The van der Waals surface area contributed by atoms with Crippen LogP contribution in [0.4, 0.5) is 4.39 Å². The number of halogens is 2. The van der Waals surface area contributed by atoms with Crippen LogP contribution >= 0.6 is 11.6 Å². The average molecular weight is 262 g/mol. The highest BCUT2D eigenvalue weighted by atomic mass is 35.5. The zero-order chi connectivity index (χ0) is 12.7. The van der Waals surface area contributed by atoms with E-state index in [2.05, 4.69) is 0 Å². The van der Waals surface area contributed by atoms with Crippen molar-refractivity contribution in [1.29, 1.82) is 0 Å². The summed E-state index contributed by atoms with van der Waals surface area (Å²) in [7, 11) is 1.61. The number of hydrogen-bond donors (Lipinski definition) is 1. The van der Waals surface area contributed by atoms with E-state index in [0.29, 0.717) is 26.2 Å². The molecule has 2 N–H and O–H groups in total. The summed E-state index contributed by atoms with van der Waals surface area (Å²) in [4.78, 5) is 0. The highest BCUT2D eigenvalue weighted by molar-refractivity contribution is 6.30.